The molecule has 0 aliphatic rings. The number of nitrogens with zero attached hydrogens (tertiary/aromatic N) is 4. The van der Waals surface area contributed by atoms with Crippen molar-refractivity contribution >= 4 is 16.9 Å². The lowest BCUT2D eigenvalue weighted by molar-refractivity contribution is -0.125. The molecule has 0 bridgehead atoms. The zero-order valence-corrected chi connectivity index (χ0v) is 12.9. The van der Waals surface area contributed by atoms with Gasteiger partial charge in [-0.3, -0.25) is 9.48 Å². The van der Waals surface area contributed by atoms with Crippen LogP contribution in [0.3, 0.4) is 0 Å². The van der Waals surface area contributed by atoms with E-state index in [4.69, 9.17) is 5.11 Å². The largest absolute Gasteiger partial charge is 0.394 e. The lowest BCUT2D eigenvalue weighted by Crippen LogP contribution is -2.39. The summed E-state index contributed by atoms with van der Waals surface area (Å²) in [5.74, 6) is -0.198. The summed E-state index contributed by atoms with van der Waals surface area (Å²) in [6, 6.07) is 1.13. The van der Waals surface area contributed by atoms with Gasteiger partial charge in [-0.2, -0.15) is 5.10 Å². The molecule has 8 nitrogen and oxygen atoms in total. The van der Waals surface area contributed by atoms with E-state index in [9.17, 15) is 4.79 Å². The molecule has 1 amide bonds. The van der Waals surface area contributed by atoms with Crippen molar-refractivity contribution in [2.24, 2.45) is 0 Å². The van der Waals surface area contributed by atoms with Crippen LogP contribution in [0.15, 0.2) is 31.0 Å². The van der Waals surface area contributed by atoms with Gasteiger partial charge in [0.25, 0.3) is 0 Å². The van der Waals surface area contributed by atoms with Gasteiger partial charge in [-0.1, -0.05) is 0 Å². The third kappa shape index (κ3) is 2.93. The molecule has 0 spiro atoms. The molecule has 0 aliphatic heterocycles. The van der Waals surface area contributed by atoms with Crippen molar-refractivity contribution in [3.05, 3.63) is 31.0 Å². The highest BCUT2D eigenvalue weighted by atomic mass is 16.3. The van der Waals surface area contributed by atoms with Gasteiger partial charge in [0.05, 0.1) is 18.5 Å². The second-order valence-electron chi connectivity index (χ2n) is 5.44. The Bertz CT molecular complexity index is 838. The van der Waals surface area contributed by atoms with Crippen molar-refractivity contribution in [3.8, 4) is 11.3 Å². The Kier molecular flexibility index (Phi) is 4.07. The molecule has 0 aliphatic carbocycles. The second-order valence-corrected chi connectivity index (χ2v) is 5.44. The van der Waals surface area contributed by atoms with Gasteiger partial charge in [0.2, 0.25) is 5.91 Å². The second kappa shape index (κ2) is 6.17. The monoisotopic (exact) mass is 320 g/mol. The Morgan fingerprint density at radius 2 is 2.30 bits per heavy atom. The molecule has 3 aromatic rings. The van der Waals surface area contributed by atoms with Crippen LogP contribution in [0.1, 0.15) is 24.2 Å². The molecule has 126 valence electrons. The standard InChI is InChI=1S/C15H18N6O2.3H2/c1-9(7-22)20-15(23)10(2)21-6-11(5-19-21)13-12-3-4-16-14(12)18-8-17-13;;;/h3-6,8-10,22H,7H2,1-2H3,(H,20,23)(H,16,17,18);3*1H. The van der Waals surface area contributed by atoms with Gasteiger partial charge in [-0.25, -0.2) is 9.97 Å². The fourth-order valence-electron chi connectivity index (χ4n) is 2.30. The van der Waals surface area contributed by atoms with Crippen LogP contribution in [-0.4, -0.2) is 48.4 Å². The molecule has 23 heavy (non-hydrogen) atoms. The van der Waals surface area contributed by atoms with E-state index in [-0.39, 0.29) is 22.8 Å². The van der Waals surface area contributed by atoms with Crippen LogP contribution >= 0.6 is 0 Å². The number of hydrogen-bond acceptors (Lipinski definition) is 5. The molecule has 3 heterocycles. The minimum absolute atomic E-state index is 0. The van der Waals surface area contributed by atoms with Crippen LogP contribution in [0.25, 0.3) is 22.3 Å². The summed E-state index contributed by atoms with van der Waals surface area (Å²) in [7, 11) is 0. The fourth-order valence-corrected chi connectivity index (χ4v) is 2.30. The van der Waals surface area contributed by atoms with Crippen LogP contribution in [0.4, 0.5) is 0 Å². The predicted molar refractivity (Wildman–Crippen MR) is 90.9 cm³/mol. The van der Waals surface area contributed by atoms with E-state index in [0.717, 1.165) is 22.3 Å². The Hall–Kier alpha value is -2.74. The number of aliphatic hydroxyl groups is 1. The fraction of sp³-hybridized carbons (Fsp3) is 0.333. The highest BCUT2D eigenvalue weighted by Gasteiger charge is 2.18. The maximum atomic E-state index is 12.1. The van der Waals surface area contributed by atoms with E-state index in [2.05, 4.69) is 25.4 Å². The molecule has 3 rings (SSSR count). The number of rotatable bonds is 5. The first-order valence-corrected chi connectivity index (χ1v) is 7.34. The molecule has 2 unspecified atom stereocenters. The third-order valence-electron chi connectivity index (χ3n) is 3.67. The van der Waals surface area contributed by atoms with E-state index >= 15 is 0 Å². The highest BCUT2D eigenvalue weighted by molar-refractivity contribution is 5.90. The summed E-state index contributed by atoms with van der Waals surface area (Å²) in [5, 5.41) is 16.9. The number of fused-ring (bicyclic) bond motifs is 1. The van der Waals surface area contributed by atoms with Gasteiger partial charge >= 0.3 is 0 Å². The maximum Gasteiger partial charge on any atom is 0.244 e. The number of aliphatic hydroxyl groups excluding tert-OH is 1. The number of carbonyl (C=O) groups is 1. The average molecular weight is 320 g/mol. The molecular formula is C15H24N6O2. The summed E-state index contributed by atoms with van der Waals surface area (Å²) in [4.78, 5) is 23.6. The minimum Gasteiger partial charge on any atom is -0.394 e. The lowest BCUT2D eigenvalue weighted by Gasteiger charge is -2.16. The number of carbonyl (C=O) groups excluding carboxylic acids is 1. The molecule has 3 aromatic heterocycles. The van der Waals surface area contributed by atoms with Crippen molar-refractivity contribution < 1.29 is 14.2 Å². The van der Waals surface area contributed by atoms with Gasteiger partial charge in [0, 0.05) is 33.7 Å². The number of hydrogen-bond donors (Lipinski definition) is 3. The van der Waals surface area contributed by atoms with Gasteiger partial charge in [-0.05, 0) is 19.9 Å². The van der Waals surface area contributed by atoms with Crippen LogP contribution in [0.5, 0.6) is 0 Å². The van der Waals surface area contributed by atoms with E-state index < -0.39 is 6.04 Å². The topological polar surface area (TPSA) is 109 Å². The molecule has 8 heteroatoms. The van der Waals surface area contributed by atoms with Crippen molar-refractivity contribution in [2.45, 2.75) is 25.9 Å². The van der Waals surface area contributed by atoms with Crippen LogP contribution in [0, 0.1) is 0 Å². The van der Waals surface area contributed by atoms with E-state index in [1.807, 2.05) is 6.07 Å². The Morgan fingerprint density at radius 1 is 1.48 bits per heavy atom. The van der Waals surface area contributed by atoms with Gasteiger partial charge < -0.3 is 15.4 Å². The maximum absolute atomic E-state index is 12.1. The van der Waals surface area contributed by atoms with Crippen molar-refractivity contribution in [3.63, 3.8) is 0 Å². The summed E-state index contributed by atoms with van der Waals surface area (Å²) >= 11 is 0. The predicted octanol–water partition coefficient (Wildman–Crippen LogP) is 1.62. The zero-order valence-electron chi connectivity index (χ0n) is 12.9. The van der Waals surface area contributed by atoms with Crippen molar-refractivity contribution in [1.82, 2.24) is 30.0 Å². The lowest BCUT2D eigenvalue weighted by atomic mass is 10.2. The van der Waals surface area contributed by atoms with Crippen molar-refractivity contribution in [2.75, 3.05) is 6.61 Å². The average Bonchev–Trinajstić information content (AvgIpc) is 3.22. The number of H-pyrrole nitrogens is 1. The van der Waals surface area contributed by atoms with Gasteiger partial charge in [0.1, 0.15) is 18.0 Å². The normalized spacial score (nSPS) is 13.9. The zero-order chi connectivity index (χ0) is 16.4. The van der Waals surface area contributed by atoms with E-state index in [1.165, 1.54) is 6.33 Å². The molecule has 0 aromatic carbocycles. The van der Waals surface area contributed by atoms with Gasteiger partial charge in [-0.15, -0.1) is 0 Å². The highest BCUT2D eigenvalue weighted by Crippen LogP contribution is 2.24. The molecule has 0 fully saturated rings. The minimum atomic E-state index is -0.485. The Balaban J connectivity index is 0.00000208. The number of aromatic nitrogens is 5. The van der Waals surface area contributed by atoms with Crippen LogP contribution in [0.2, 0.25) is 0 Å². The molecular weight excluding hydrogens is 296 g/mol. The Labute approximate surface area is 137 Å². The number of amides is 1. The van der Waals surface area contributed by atoms with Crippen LogP contribution in [-0.2, 0) is 4.79 Å². The molecule has 3 N–H and O–H groups in total. The summed E-state index contributed by atoms with van der Waals surface area (Å²) in [6.45, 7) is 3.39. The summed E-state index contributed by atoms with van der Waals surface area (Å²) in [5.41, 5.74) is 2.33. The van der Waals surface area contributed by atoms with E-state index in [1.54, 1.807) is 37.1 Å². The molecule has 0 radical (unpaired) electrons. The first-order valence-electron chi connectivity index (χ1n) is 7.34. The first-order chi connectivity index (χ1) is 11.1. The summed E-state index contributed by atoms with van der Waals surface area (Å²) < 4.78 is 1.58. The Morgan fingerprint density at radius 3 is 3.09 bits per heavy atom. The van der Waals surface area contributed by atoms with E-state index in [0.29, 0.717) is 0 Å². The summed E-state index contributed by atoms with van der Waals surface area (Å²) in [6.07, 6.45) is 6.75. The van der Waals surface area contributed by atoms with Crippen LogP contribution < -0.4 is 5.32 Å². The SMILES string of the molecule is CC(CO)NC(=O)C(C)n1cc(-c2ncnc3[nH]ccc23)cn1.[HH].[HH].[HH]. The first kappa shape index (κ1) is 15.2. The number of aromatic amines is 1. The van der Waals surface area contributed by atoms with Crippen molar-refractivity contribution in [1.29, 1.82) is 0 Å². The third-order valence-corrected chi connectivity index (χ3v) is 3.67. The molecule has 0 saturated heterocycles. The molecule has 0 saturated carbocycles. The van der Waals surface area contributed by atoms with Gasteiger partial charge in [0.15, 0.2) is 0 Å². The smallest absolute Gasteiger partial charge is 0.244 e. The molecule has 2 atom stereocenters. The quantitative estimate of drug-likeness (QED) is 0.662. The number of nitrogens with one attached hydrogen (secondary N) is 2.